The summed E-state index contributed by atoms with van der Waals surface area (Å²) in [5.74, 6) is 0.762. The van der Waals surface area contributed by atoms with Gasteiger partial charge in [0.2, 0.25) is 5.95 Å². The summed E-state index contributed by atoms with van der Waals surface area (Å²) in [4.78, 5) is 7.97. The van der Waals surface area contributed by atoms with Gasteiger partial charge in [-0.2, -0.15) is 4.98 Å². The van der Waals surface area contributed by atoms with Crippen molar-refractivity contribution in [2.75, 3.05) is 24.4 Å². The third kappa shape index (κ3) is 4.94. The molecule has 0 aliphatic heterocycles. The molecular weight excluding hydrogens is 321 g/mol. The third-order valence-electron chi connectivity index (χ3n) is 2.87. The summed E-state index contributed by atoms with van der Waals surface area (Å²) in [5.41, 5.74) is 6.40. The van der Waals surface area contributed by atoms with Crippen LogP contribution in [0.1, 0.15) is 13.8 Å². The maximum Gasteiger partial charge on any atom is 0.239 e. The molecule has 1 aromatic carbocycles. The largest absolute Gasteiger partial charge is 0.495 e. The Morgan fingerprint density at radius 2 is 2.13 bits per heavy atom. The molecule has 0 spiro atoms. The van der Waals surface area contributed by atoms with Crippen molar-refractivity contribution in [1.29, 1.82) is 0 Å². The summed E-state index contributed by atoms with van der Waals surface area (Å²) in [6, 6.07) is 5.04. The van der Waals surface area contributed by atoms with Crippen molar-refractivity contribution in [2.24, 2.45) is 5.92 Å². The summed E-state index contributed by atoms with van der Waals surface area (Å²) in [6.45, 7) is 4.87. The number of ether oxygens (including phenoxy) is 1. The zero-order chi connectivity index (χ0) is 16.8. The van der Waals surface area contributed by atoms with Crippen molar-refractivity contribution < 1.29 is 9.13 Å². The third-order valence-corrected chi connectivity index (χ3v) is 3.16. The molecular formula is C15H19ClFN5O. The van der Waals surface area contributed by atoms with E-state index in [1.54, 1.807) is 18.2 Å². The molecule has 0 amide bonds. The topological polar surface area (TPSA) is 71.1 Å². The van der Waals surface area contributed by atoms with Crippen molar-refractivity contribution in [1.82, 2.24) is 15.4 Å². The fourth-order valence-electron chi connectivity index (χ4n) is 1.73. The van der Waals surface area contributed by atoms with Crippen LogP contribution < -0.4 is 20.9 Å². The van der Waals surface area contributed by atoms with E-state index in [0.717, 1.165) is 12.7 Å². The Morgan fingerprint density at radius 3 is 2.78 bits per heavy atom. The normalized spacial score (nSPS) is 10.7. The summed E-state index contributed by atoms with van der Waals surface area (Å²) in [6.07, 6.45) is 1.10. The van der Waals surface area contributed by atoms with Crippen molar-refractivity contribution in [3.8, 4) is 5.75 Å². The molecule has 2 aromatic rings. The van der Waals surface area contributed by atoms with Gasteiger partial charge in [0.15, 0.2) is 11.6 Å². The second-order valence-electron chi connectivity index (χ2n) is 5.26. The minimum Gasteiger partial charge on any atom is -0.495 e. The quantitative estimate of drug-likeness (QED) is 0.670. The molecule has 0 radical (unpaired) electrons. The molecule has 6 nitrogen and oxygen atoms in total. The minimum atomic E-state index is -0.564. The fourth-order valence-corrected chi connectivity index (χ4v) is 1.99. The van der Waals surface area contributed by atoms with E-state index in [0.29, 0.717) is 22.4 Å². The van der Waals surface area contributed by atoms with Gasteiger partial charge in [-0.25, -0.2) is 14.8 Å². The van der Waals surface area contributed by atoms with Crippen LogP contribution in [0.4, 0.5) is 21.8 Å². The first-order valence-corrected chi connectivity index (χ1v) is 7.49. The lowest BCUT2D eigenvalue weighted by Gasteiger charge is -2.12. The average molecular weight is 340 g/mol. The highest BCUT2D eigenvalue weighted by Crippen LogP contribution is 2.29. The van der Waals surface area contributed by atoms with Gasteiger partial charge < -0.3 is 10.1 Å². The van der Waals surface area contributed by atoms with Crippen LogP contribution in [-0.4, -0.2) is 23.6 Å². The van der Waals surface area contributed by atoms with Gasteiger partial charge in [0.1, 0.15) is 5.75 Å². The number of hydrogen-bond acceptors (Lipinski definition) is 6. The summed E-state index contributed by atoms with van der Waals surface area (Å²) < 4.78 is 18.9. The number of nitrogens with zero attached hydrogens (tertiary/aromatic N) is 2. The van der Waals surface area contributed by atoms with Crippen molar-refractivity contribution in [3.05, 3.63) is 35.2 Å². The lowest BCUT2D eigenvalue weighted by molar-refractivity contribution is 0.415. The summed E-state index contributed by atoms with van der Waals surface area (Å²) in [5, 5.41) is 3.29. The Kier molecular flexibility index (Phi) is 5.95. The molecule has 0 bridgehead atoms. The molecule has 0 fully saturated rings. The number of nitrogens with one attached hydrogen (secondary N) is 3. The summed E-state index contributed by atoms with van der Waals surface area (Å²) in [7, 11) is 1.53. The molecule has 1 heterocycles. The van der Waals surface area contributed by atoms with Crippen LogP contribution in [0.5, 0.6) is 5.75 Å². The smallest absolute Gasteiger partial charge is 0.239 e. The monoisotopic (exact) mass is 339 g/mol. The predicted octanol–water partition coefficient (Wildman–Crippen LogP) is 3.59. The molecule has 0 aliphatic rings. The lowest BCUT2D eigenvalue weighted by atomic mass is 10.2. The minimum absolute atomic E-state index is 0.0510. The van der Waals surface area contributed by atoms with Gasteiger partial charge in [0, 0.05) is 12.2 Å². The molecule has 8 heteroatoms. The average Bonchev–Trinajstić information content (AvgIpc) is 2.50. The summed E-state index contributed by atoms with van der Waals surface area (Å²) >= 11 is 6.05. The standard InChI is InChI=1S/C15H19ClFN5O/c1-9(2)7-19-22-15-18-8-12(17)14(21-15)20-10-4-5-13(23-3)11(16)6-10/h4-6,8-9,19H,7H2,1-3H3,(H2,18,20,21,22). The highest BCUT2D eigenvalue weighted by molar-refractivity contribution is 6.32. The second-order valence-corrected chi connectivity index (χ2v) is 5.67. The first-order valence-electron chi connectivity index (χ1n) is 7.11. The predicted molar refractivity (Wildman–Crippen MR) is 89.7 cm³/mol. The Hall–Kier alpha value is -2.12. The van der Waals surface area contributed by atoms with Crippen molar-refractivity contribution in [3.63, 3.8) is 0 Å². The second kappa shape index (κ2) is 7.94. The van der Waals surface area contributed by atoms with Gasteiger partial charge in [-0.3, -0.25) is 5.43 Å². The lowest BCUT2D eigenvalue weighted by Crippen LogP contribution is -2.27. The Balaban J connectivity index is 2.11. The van der Waals surface area contributed by atoms with E-state index in [1.165, 1.54) is 7.11 Å². The molecule has 124 valence electrons. The molecule has 0 saturated heterocycles. The maximum absolute atomic E-state index is 13.9. The van der Waals surface area contributed by atoms with Crippen LogP contribution in [-0.2, 0) is 0 Å². The molecule has 0 unspecified atom stereocenters. The van der Waals surface area contributed by atoms with Gasteiger partial charge in [-0.05, 0) is 24.1 Å². The van der Waals surface area contributed by atoms with Gasteiger partial charge >= 0.3 is 0 Å². The first-order chi connectivity index (χ1) is 11.0. The van der Waals surface area contributed by atoms with E-state index >= 15 is 0 Å². The molecule has 3 N–H and O–H groups in total. The van der Waals surface area contributed by atoms with Gasteiger partial charge in [-0.15, -0.1) is 0 Å². The molecule has 2 rings (SSSR count). The van der Waals surface area contributed by atoms with Crippen LogP contribution in [0.2, 0.25) is 5.02 Å². The van der Waals surface area contributed by atoms with E-state index in [-0.39, 0.29) is 11.8 Å². The SMILES string of the molecule is COc1ccc(Nc2nc(NNCC(C)C)ncc2F)cc1Cl. The van der Waals surface area contributed by atoms with E-state index in [2.05, 4.69) is 40.0 Å². The highest BCUT2D eigenvalue weighted by atomic mass is 35.5. The number of anilines is 3. The Bertz CT molecular complexity index is 668. The van der Waals surface area contributed by atoms with Crippen molar-refractivity contribution in [2.45, 2.75) is 13.8 Å². The Labute approximate surface area is 139 Å². The molecule has 23 heavy (non-hydrogen) atoms. The maximum atomic E-state index is 13.9. The van der Waals surface area contributed by atoms with Gasteiger partial charge in [0.05, 0.1) is 18.3 Å². The van der Waals surface area contributed by atoms with Crippen LogP contribution in [0.3, 0.4) is 0 Å². The molecule has 0 atom stereocenters. The van der Waals surface area contributed by atoms with E-state index < -0.39 is 5.82 Å². The number of rotatable bonds is 7. The number of aromatic nitrogens is 2. The number of hydrazine groups is 1. The molecule has 1 aromatic heterocycles. The zero-order valence-corrected chi connectivity index (χ0v) is 13.9. The molecule has 0 aliphatic carbocycles. The van der Waals surface area contributed by atoms with Crippen LogP contribution in [0, 0.1) is 11.7 Å². The fraction of sp³-hybridized carbons (Fsp3) is 0.333. The number of methoxy groups -OCH3 is 1. The van der Waals surface area contributed by atoms with Crippen LogP contribution in [0.15, 0.2) is 24.4 Å². The van der Waals surface area contributed by atoms with Gasteiger partial charge in [-0.1, -0.05) is 25.4 Å². The number of benzene rings is 1. The van der Waals surface area contributed by atoms with E-state index in [1.807, 2.05) is 0 Å². The first kappa shape index (κ1) is 17.2. The number of hydrogen-bond donors (Lipinski definition) is 3. The van der Waals surface area contributed by atoms with E-state index in [9.17, 15) is 4.39 Å². The zero-order valence-electron chi connectivity index (χ0n) is 13.2. The molecule has 0 saturated carbocycles. The van der Waals surface area contributed by atoms with Gasteiger partial charge in [0.25, 0.3) is 0 Å². The highest BCUT2D eigenvalue weighted by Gasteiger charge is 2.09. The van der Waals surface area contributed by atoms with Crippen LogP contribution >= 0.6 is 11.6 Å². The Morgan fingerprint density at radius 1 is 1.35 bits per heavy atom. The van der Waals surface area contributed by atoms with E-state index in [4.69, 9.17) is 16.3 Å². The number of halogens is 2. The van der Waals surface area contributed by atoms with Crippen molar-refractivity contribution >= 4 is 29.1 Å². The van der Waals surface area contributed by atoms with Crippen LogP contribution in [0.25, 0.3) is 0 Å².